The maximum atomic E-state index is 13.5. The summed E-state index contributed by atoms with van der Waals surface area (Å²) >= 11 is 0. The fraction of sp³-hybridized carbons (Fsp3) is 0.405. The first-order chi connectivity index (χ1) is 24.1. The number of hydrogen-bond acceptors (Lipinski definition) is 9. The molecule has 0 amide bonds. The molecule has 0 radical (unpaired) electrons. The molecule has 2 heterocycles. The van der Waals surface area contributed by atoms with Gasteiger partial charge in [0.2, 0.25) is 0 Å². The fourth-order valence-corrected chi connectivity index (χ4v) is 7.44. The zero-order valence-corrected chi connectivity index (χ0v) is 30.3. The third kappa shape index (κ3) is 7.87. The van der Waals surface area contributed by atoms with E-state index in [9.17, 15) is 14.5 Å². The molecule has 1 unspecified atom stereocenters. The van der Waals surface area contributed by atoms with Crippen LogP contribution in [0.15, 0.2) is 94.6 Å². The van der Waals surface area contributed by atoms with Crippen LogP contribution in [0, 0.1) is 6.92 Å². The van der Waals surface area contributed by atoms with Crippen molar-refractivity contribution in [1.82, 2.24) is 9.55 Å². The van der Waals surface area contributed by atoms with Crippen molar-refractivity contribution in [3.8, 4) is 11.5 Å². The van der Waals surface area contributed by atoms with Crippen molar-refractivity contribution in [1.29, 1.82) is 0 Å². The number of quaternary nitrogens is 1. The van der Waals surface area contributed by atoms with Gasteiger partial charge in [-0.05, 0) is 68.7 Å². The Morgan fingerprint density at radius 3 is 1.94 bits per heavy atom. The quantitative estimate of drug-likeness (QED) is 0.0745. The first-order valence-corrected chi connectivity index (χ1v) is 17.9. The van der Waals surface area contributed by atoms with Gasteiger partial charge < -0.3 is 28.4 Å². The number of aryl methyl sites for hydroxylation is 1. The Morgan fingerprint density at radius 1 is 0.880 bits per heavy atom. The molecule has 3 aromatic carbocycles. The maximum absolute atomic E-state index is 13.5. The SMILES string of the molecule is CC[N+](CC)(CC)OP([O-])O[C@H]1C[C@H](n2cc(C)c(=O)[nH]c2=O)O[C@@H]1COC(c1ccccc1)(c1ccc(OC)cc1)c1ccc(OC)cc1. The van der Waals surface area contributed by atoms with Crippen LogP contribution in [0.2, 0.25) is 0 Å². The van der Waals surface area contributed by atoms with Gasteiger partial charge in [0.15, 0.2) is 8.60 Å². The number of hydrogen-bond donors (Lipinski definition) is 1. The van der Waals surface area contributed by atoms with E-state index in [4.69, 9.17) is 28.1 Å². The summed E-state index contributed by atoms with van der Waals surface area (Å²) in [6.45, 7) is 9.27. The van der Waals surface area contributed by atoms with Crippen LogP contribution in [-0.2, 0) is 24.2 Å². The maximum Gasteiger partial charge on any atom is 0.330 e. The number of ether oxygens (including phenoxy) is 4. The van der Waals surface area contributed by atoms with Gasteiger partial charge in [-0.2, -0.15) is 9.27 Å². The standard InChI is InChI=1S/C37H46N3O9P/c1-7-40(8-2,9-3)49-50(43)48-32-23-34(39-24-26(4)35(41)38-36(39)42)47-33(32)25-46-37(27-13-11-10-12-14-27,28-15-19-30(44-5)20-16-28)29-17-21-31(45-6)22-18-29/h10-22,24,32-34H,7-9,23,25H2,1-6H3,(H,38,41,42)/t32-,33+,34+,50?/m0/s1. The molecule has 4 aromatic rings. The molecule has 12 nitrogen and oxygen atoms in total. The molecule has 0 saturated carbocycles. The van der Waals surface area contributed by atoms with Crippen molar-refractivity contribution in [3.63, 3.8) is 0 Å². The number of hydroxylamine groups is 3. The van der Waals surface area contributed by atoms with Crippen LogP contribution in [-0.4, -0.2) is 66.9 Å². The van der Waals surface area contributed by atoms with Crippen molar-refractivity contribution in [2.24, 2.45) is 0 Å². The molecule has 1 aliphatic rings. The van der Waals surface area contributed by atoms with Crippen LogP contribution in [0.3, 0.4) is 0 Å². The lowest BCUT2D eigenvalue weighted by Crippen LogP contribution is -2.47. The van der Waals surface area contributed by atoms with Crippen molar-refractivity contribution in [3.05, 3.63) is 128 Å². The number of methoxy groups -OCH3 is 2. The summed E-state index contributed by atoms with van der Waals surface area (Å²) in [5, 5.41) is 0. The Hall–Kier alpha value is -3.87. The molecule has 50 heavy (non-hydrogen) atoms. The van der Waals surface area contributed by atoms with Crippen molar-refractivity contribution >= 4 is 8.60 Å². The highest BCUT2D eigenvalue weighted by Crippen LogP contribution is 2.45. The van der Waals surface area contributed by atoms with Gasteiger partial charge in [-0.1, -0.05) is 54.6 Å². The molecule has 5 rings (SSSR count). The molecule has 0 aliphatic carbocycles. The summed E-state index contributed by atoms with van der Waals surface area (Å²) < 4.78 is 38.1. The van der Waals surface area contributed by atoms with Crippen molar-refractivity contribution in [2.45, 2.75) is 58.2 Å². The first-order valence-electron chi connectivity index (χ1n) is 16.8. The lowest BCUT2D eigenvalue weighted by atomic mass is 9.80. The van der Waals surface area contributed by atoms with Gasteiger partial charge in [0, 0.05) is 18.2 Å². The Labute approximate surface area is 293 Å². The van der Waals surface area contributed by atoms with E-state index in [0.717, 1.165) is 16.7 Å². The monoisotopic (exact) mass is 707 g/mol. The number of nitrogens with one attached hydrogen (secondary N) is 1. The Kier molecular flexibility index (Phi) is 12.3. The average Bonchev–Trinajstić information content (AvgIpc) is 3.54. The third-order valence-electron chi connectivity index (χ3n) is 9.46. The Morgan fingerprint density at radius 2 is 1.42 bits per heavy atom. The van der Waals surface area contributed by atoms with Gasteiger partial charge in [-0.3, -0.25) is 14.3 Å². The van der Waals surface area contributed by atoms with Crippen LogP contribution in [0.1, 0.15) is 55.7 Å². The largest absolute Gasteiger partial charge is 0.781 e. The predicted molar refractivity (Wildman–Crippen MR) is 188 cm³/mol. The molecule has 1 aliphatic heterocycles. The molecule has 1 N–H and O–H groups in total. The number of benzene rings is 3. The summed E-state index contributed by atoms with van der Waals surface area (Å²) in [5.41, 5.74) is 0.569. The zero-order valence-electron chi connectivity index (χ0n) is 29.4. The lowest BCUT2D eigenvalue weighted by molar-refractivity contribution is -1.08. The zero-order chi connectivity index (χ0) is 35.9. The van der Waals surface area contributed by atoms with E-state index in [1.807, 2.05) is 99.6 Å². The van der Waals surface area contributed by atoms with E-state index < -0.39 is 43.9 Å². The number of aromatic amines is 1. The molecule has 1 saturated heterocycles. The summed E-state index contributed by atoms with van der Waals surface area (Å²) in [6, 6.07) is 25.1. The molecular formula is C37H46N3O9P. The van der Waals surface area contributed by atoms with Gasteiger partial charge in [0.05, 0.1) is 26.9 Å². The van der Waals surface area contributed by atoms with Gasteiger partial charge in [-0.25, -0.2) is 4.79 Å². The molecule has 4 atom stereocenters. The molecule has 1 fully saturated rings. The minimum absolute atomic E-state index is 0.0380. The van der Waals surface area contributed by atoms with Gasteiger partial charge >= 0.3 is 5.69 Å². The van der Waals surface area contributed by atoms with Crippen molar-refractivity contribution < 1.29 is 37.6 Å². The van der Waals surface area contributed by atoms with E-state index >= 15 is 0 Å². The first kappa shape index (κ1) is 37.4. The smallest absolute Gasteiger partial charge is 0.330 e. The van der Waals surface area contributed by atoms with E-state index in [2.05, 4.69) is 4.98 Å². The normalized spacial score (nSPS) is 18.6. The summed E-state index contributed by atoms with van der Waals surface area (Å²) in [7, 11) is 0.627. The number of rotatable bonds is 16. The second-order valence-electron chi connectivity index (χ2n) is 12.1. The number of H-pyrrole nitrogens is 1. The second kappa shape index (κ2) is 16.4. The molecule has 0 bridgehead atoms. The Bertz CT molecular complexity index is 1740. The van der Waals surface area contributed by atoms with E-state index in [-0.39, 0.29) is 17.7 Å². The fourth-order valence-electron chi connectivity index (χ4n) is 6.33. The molecule has 1 aromatic heterocycles. The predicted octanol–water partition coefficient (Wildman–Crippen LogP) is 4.94. The minimum atomic E-state index is -2.60. The second-order valence-corrected chi connectivity index (χ2v) is 12.9. The van der Waals surface area contributed by atoms with Crippen LogP contribution in [0.25, 0.3) is 0 Å². The lowest BCUT2D eigenvalue weighted by Gasteiger charge is -2.39. The highest BCUT2D eigenvalue weighted by molar-refractivity contribution is 7.38. The van der Waals surface area contributed by atoms with Gasteiger partial charge in [0.25, 0.3) is 5.56 Å². The van der Waals surface area contributed by atoms with Crippen LogP contribution in [0.5, 0.6) is 11.5 Å². The summed E-state index contributed by atoms with van der Waals surface area (Å²) in [6.07, 6.45) is -0.824. The molecule has 268 valence electrons. The highest BCUT2D eigenvalue weighted by atomic mass is 31.2. The third-order valence-corrected chi connectivity index (χ3v) is 10.4. The van der Waals surface area contributed by atoms with Crippen LogP contribution < -0.4 is 25.6 Å². The van der Waals surface area contributed by atoms with E-state index in [1.165, 1.54) is 10.8 Å². The molecule has 13 heteroatoms. The highest BCUT2D eigenvalue weighted by Gasteiger charge is 2.44. The summed E-state index contributed by atoms with van der Waals surface area (Å²) in [5.74, 6) is 1.37. The summed E-state index contributed by atoms with van der Waals surface area (Å²) in [4.78, 5) is 40.9. The topological polar surface area (TPSA) is 133 Å². The average molecular weight is 708 g/mol. The van der Waals surface area contributed by atoms with Crippen molar-refractivity contribution in [2.75, 3.05) is 40.5 Å². The molecule has 0 spiro atoms. The number of aromatic nitrogens is 2. The molecular weight excluding hydrogens is 661 g/mol. The van der Waals surface area contributed by atoms with Gasteiger partial charge in [0.1, 0.15) is 49.1 Å². The Balaban J connectivity index is 1.56. The minimum Gasteiger partial charge on any atom is -0.781 e. The van der Waals surface area contributed by atoms with E-state index in [1.54, 1.807) is 21.1 Å². The number of nitrogens with zero attached hydrogens (tertiary/aromatic N) is 2. The van der Waals surface area contributed by atoms with Gasteiger partial charge in [-0.15, -0.1) is 0 Å². The van der Waals surface area contributed by atoms with E-state index in [0.29, 0.717) is 36.7 Å². The van der Waals surface area contributed by atoms with Crippen LogP contribution >= 0.6 is 8.60 Å². The van der Waals surface area contributed by atoms with Crippen LogP contribution in [0.4, 0.5) is 0 Å².